The highest BCUT2D eigenvalue weighted by atomic mass is 15.1. The van der Waals surface area contributed by atoms with Gasteiger partial charge in [-0.3, -0.25) is 0 Å². The van der Waals surface area contributed by atoms with E-state index in [1.54, 1.807) is 0 Å². The van der Waals surface area contributed by atoms with Crippen molar-refractivity contribution in [3.63, 3.8) is 0 Å². The Labute approximate surface area is 111 Å². The summed E-state index contributed by atoms with van der Waals surface area (Å²) in [5.74, 6) is 0. The monoisotopic (exact) mass is 247 g/mol. The molecule has 3 nitrogen and oxygen atoms in total. The summed E-state index contributed by atoms with van der Waals surface area (Å²) in [5.41, 5.74) is 8.92. The molecule has 1 aromatic carbocycles. The zero-order valence-electron chi connectivity index (χ0n) is 11.6. The Hall–Kier alpha value is -1.06. The average molecular weight is 247 g/mol. The minimum absolute atomic E-state index is 0.208. The van der Waals surface area contributed by atoms with Crippen LogP contribution in [-0.4, -0.2) is 38.6 Å². The first kappa shape index (κ1) is 13.4. The van der Waals surface area contributed by atoms with Gasteiger partial charge in [0.15, 0.2) is 0 Å². The quantitative estimate of drug-likeness (QED) is 0.885. The fraction of sp³-hybridized carbons (Fsp3) is 0.600. The molecule has 18 heavy (non-hydrogen) atoms. The third kappa shape index (κ3) is 3.24. The highest BCUT2D eigenvalue weighted by Crippen LogP contribution is 2.31. The molecule has 0 fully saturated rings. The molecule has 1 unspecified atom stereocenters. The Kier molecular flexibility index (Phi) is 4.61. The molecule has 100 valence electrons. The van der Waals surface area contributed by atoms with Gasteiger partial charge in [-0.15, -0.1) is 0 Å². The smallest absolute Gasteiger partial charge is 0.0414 e. The number of benzene rings is 1. The van der Waals surface area contributed by atoms with E-state index in [0.717, 1.165) is 26.1 Å². The van der Waals surface area contributed by atoms with Gasteiger partial charge in [0, 0.05) is 24.8 Å². The molecule has 1 aromatic rings. The maximum absolute atomic E-state index is 6.25. The summed E-state index contributed by atoms with van der Waals surface area (Å²) in [5, 5.41) is 0. The molecule has 0 radical (unpaired) electrons. The van der Waals surface area contributed by atoms with Gasteiger partial charge in [0.25, 0.3) is 0 Å². The Morgan fingerprint density at radius 1 is 1.33 bits per heavy atom. The minimum atomic E-state index is 0.208. The van der Waals surface area contributed by atoms with Gasteiger partial charge in [0.2, 0.25) is 0 Å². The van der Waals surface area contributed by atoms with Gasteiger partial charge in [0.1, 0.15) is 0 Å². The number of hydrogen-bond acceptors (Lipinski definition) is 3. The van der Waals surface area contributed by atoms with Crippen molar-refractivity contribution < 1.29 is 0 Å². The first-order valence-electron chi connectivity index (χ1n) is 6.92. The largest absolute Gasteiger partial charge is 0.371 e. The van der Waals surface area contributed by atoms with E-state index in [2.05, 4.69) is 48.2 Å². The minimum Gasteiger partial charge on any atom is -0.371 e. The summed E-state index contributed by atoms with van der Waals surface area (Å²) in [7, 11) is 4.26. The van der Waals surface area contributed by atoms with Crippen LogP contribution in [0.5, 0.6) is 0 Å². The van der Waals surface area contributed by atoms with Crippen molar-refractivity contribution in [2.45, 2.75) is 25.3 Å². The van der Waals surface area contributed by atoms with Crippen LogP contribution in [0, 0.1) is 0 Å². The Bertz CT molecular complexity index is 376. The van der Waals surface area contributed by atoms with Crippen molar-refractivity contribution in [3.05, 3.63) is 29.8 Å². The molecule has 1 heterocycles. The van der Waals surface area contributed by atoms with Crippen molar-refractivity contribution >= 4 is 5.69 Å². The summed E-state index contributed by atoms with van der Waals surface area (Å²) in [6.45, 7) is 3.41. The number of anilines is 1. The number of hydrogen-bond donors (Lipinski definition) is 1. The first-order valence-corrected chi connectivity index (χ1v) is 6.92. The van der Waals surface area contributed by atoms with E-state index in [0.29, 0.717) is 0 Å². The van der Waals surface area contributed by atoms with Crippen LogP contribution in [-0.2, 0) is 0 Å². The maximum Gasteiger partial charge on any atom is 0.0414 e. The summed E-state index contributed by atoms with van der Waals surface area (Å²) in [4.78, 5) is 4.75. The van der Waals surface area contributed by atoms with E-state index in [1.807, 2.05) is 0 Å². The van der Waals surface area contributed by atoms with Crippen LogP contribution < -0.4 is 10.6 Å². The highest BCUT2D eigenvalue weighted by Gasteiger charge is 2.19. The van der Waals surface area contributed by atoms with Crippen LogP contribution in [0.15, 0.2) is 24.3 Å². The molecule has 0 amide bonds. The van der Waals surface area contributed by atoms with Gasteiger partial charge in [-0.1, -0.05) is 18.2 Å². The van der Waals surface area contributed by atoms with Crippen LogP contribution in [0.1, 0.15) is 30.9 Å². The molecular formula is C15H25N3. The Morgan fingerprint density at radius 3 is 2.89 bits per heavy atom. The lowest BCUT2D eigenvalue weighted by molar-refractivity contribution is 0.400. The molecule has 0 aliphatic carbocycles. The second-order valence-electron chi connectivity index (χ2n) is 5.45. The maximum atomic E-state index is 6.25. The zero-order valence-corrected chi connectivity index (χ0v) is 11.6. The molecule has 1 aliphatic rings. The number of nitrogens with zero attached hydrogens (tertiary/aromatic N) is 2. The third-order valence-electron chi connectivity index (χ3n) is 3.65. The molecular weight excluding hydrogens is 222 g/mol. The van der Waals surface area contributed by atoms with Gasteiger partial charge < -0.3 is 15.5 Å². The zero-order chi connectivity index (χ0) is 13.0. The van der Waals surface area contributed by atoms with E-state index in [4.69, 9.17) is 5.73 Å². The summed E-state index contributed by atoms with van der Waals surface area (Å²) in [6, 6.07) is 8.83. The molecule has 0 bridgehead atoms. The second-order valence-corrected chi connectivity index (χ2v) is 5.45. The van der Waals surface area contributed by atoms with Crippen LogP contribution >= 0.6 is 0 Å². The van der Waals surface area contributed by atoms with Crippen molar-refractivity contribution in [1.82, 2.24) is 4.90 Å². The molecule has 2 rings (SSSR count). The predicted molar refractivity (Wildman–Crippen MR) is 78.0 cm³/mol. The lowest BCUT2D eigenvalue weighted by atomic mass is 10.0. The van der Waals surface area contributed by atoms with Crippen molar-refractivity contribution in [3.8, 4) is 0 Å². The van der Waals surface area contributed by atoms with Gasteiger partial charge in [-0.2, -0.15) is 0 Å². The predicted octanol–water partition coefficient (Wildman–Crippen LogP) is 2.24. The number of nitrogens with two attached hydrogens (primary N) is 1. The molecule has 1 atom stereocenters. The number of rotatable bonds is 4. The lowest BCUT2D eigenvalue weighted by Crippen LogP contribution is -2.28. The highest BCUT2D eigenvalue weighted by molar-refractivity contribution is 5.55. The van der Waals surface area contributed by atoms with Crippen LogP contribution in [0.4, 0.5) is 5.69 Å². The fourth-order valence-electron chi connectivity index (χ4n) is 2.68. The molecule has 0 aromatic heterocycles. The molecule has 2 N–H and O–H groups in total. The van der Waals surface area contributed by atoms with Crippen molar-refractivity contribution in [1.29, 1.82) is 0 Å². The third-order valence-corrected chi connectivity index (χ3v) is 3.65. The summed E-state index contributed by atoms with van der Waals surface area (Å²) >= 11 is 0. The standard InChI is InChI=1S/C15H25N3/c1-17(2)10-6-12-18-11-5-8-14(16)13-7-3-4-9-15(13)18/h3-4,7,9,14H,5-6,8,10-12,16H2,1-2H3. The molecule has 0 spiro atoms. The second kappa shape index (κ2) is 6.21. The fourth-order valence-corrected chi connectivity index (χ4v) is 2.68. The van der Waals surface area contributed by atoms with E-state index in [-0.39, 0.29) is 6.04 Å². The van der Waals surface area contributed by atoms with Gasteiger partial charge >= 0.3 is 0 Å². The normalized spacial score (nSPS) is 19.8. The molecule has 0 saturated heterocycles. The topological polar surface area (TPSA) is 32.5 Å². The number of fused-ring (bicyclic) bond motifs is 1. The Morgan fingerprint density at radius 2 is 2.11 bits per heavy atom. The van der Waals surface area contributed by atoms with E-state index >= 15 is 0 Å². The van der Waals surface area contributed by atoms with E-state index in [9.17, 15) is 0 Å². The van der Waals surface area contributed by atoms with Crippen molar-refractivity contribution in [2.75, 3.05) is 38.6 Å². The SMILES string of the molecule is CN(C)CCCN1CCCC(N)c2ccccc21. The molecule has 0 saturated carbocycles. The average Bonchev–Trinajstić information content (AvgIpc) is 2.50. The van der Waals surface area contributed by atoms with E-state index in [1.165, 1.54) is 24.1 Å². The van der Waals surface area contributed by atoms with E-state index < -0.39 is 0 Å². The van der Waals surface area contributed by atoms with Gasteiger partial charge in [-0.05, 0) is 51.5 Å². The van der Waals surface area contributed by atoms with Crippen LogP contribution in [0.25, 0.3) is 0 Å². The summed E-state index contributed by atoms with van der Waals surface area (Å²) in [6.07, 6.45) is 3.50. The van der Waals surface area contributed by atoms with Gasteiger partial charge in [-0.25, -0.2) is 0 Å². The van der Waals surface area contributed by atoms with Crippen molar-refractivity contribution in [2.24, 2.45) is 5.73 Å². The van der Waals surface area contributed by atoms with Gasteiger partial charge in [0.05, 0.1) is 0 Å². The number of para-hydroxylation sites is 1. The summed E-state index contributed by atoms with van der Waals surface area (Å²) < 4.78 is 0. The van der Waals surface area contributed by atoms with Crippen LogP contribution in [0.2, 0.25) is 0 Å². The Balaban J connectivity index is 2.08. The lowest BCUT2D eigenvalue weighted by Gasteiger charge is -2.26. The van der Waals surface area contributed by atoms with Crippen LogP contribution in [0.3, 0.4) is 0 Å². The first-order chi connectivity index (χ1) is 8.68. The molecule has 3 heteroatoms. The molecule has 1 aliphatic heterocycles.